The van der Waals surface area contributed by atoms with Gasteiger partial charge in [-0.2, -0.15) is 10.1 Å². The molecule has 0 atom stereocenters. The molecule has 0 aliphatic carbocycles. The Morgan fingerprint density at radius 1 is 1.39 bits per heavy atom. The molecule has 23 heavy (non-hydrogen) atoms. The normalized spacial score (nSPS) is 11.6. The maximum atomic E-state index is 11.6. The van der Waals surface area contributed by atoms with Crippen molar-refractivity contribution in [3.8, 4) is 11.5 Å². The number of hydrogen-bond donors (Lipinski definition) is 1. The smallest absolute Gasteiger partial charge is 0.408 e. The van der Waals surface area contributed by atoms with Gasteiger partial charge in [0.05, 0.1) is 23.8 Å². The van der Waals surface area contributed by atoms with E-state index in [-0.39, 0.29) is 6.54 Å². The molecular weight excluding hydrogens is 298 g/mol. The fraction of sp³-hybridized carbons (Fsp3) is 0.333. The molecule has 8 nitrogen and oxygen atoms in total. The molecule has 3 heterocycles. The summed E-state index contributed by atoms with van der Waals surface area (Å²) in [6.07, 6.45) is 2.97. The Kier molecular flexibility index (Phi) is 3.73. The highest BCUT2D eigenvalue weighted by Crippen LogP contribution is 2.22. The first-order chi connectivity index (χ1) is 10.9. The summed E-state index contributed by atoms with van der Waals surface area (Å²) in [6.45, 7) is 5.51. The lowest BCUT2D eigenvalue weighted by atomic mass is 10.2. The molecule has 3 rings (SSSR count). The van der Waals surface area contributed by atoms with E-state index in [2.05, 4.69) is 20.6 Å². The van der Waals surface area contributed by atoms with Gasteiger partial charge in [-0.3, -0.25) is 0 Å². The topological polar surface area (TPSA) is 94.5 Å². The van der Waals surface area contributed by atoms with Crippen molar-refractivity contribution in [2.75, 3.05) is 0 Å². The molecule has 0 aliphatic rings. The van der Waals surface area contributed by atoms with E-state index in [4.69, 9.17) is 9.26 Å². The van der Waals surface area contributed by atoms with Crippen molar-refractivity contribution in [3.63, 3.8) is 0 Å². The average Bonchev–Trinajstić information content (AvgIpc) is 3.09. The monoisotopic (exact) mass is 315 g/mol. The molecule has 0 unspecified atom stereocenters. The van der Waals surface area contributed by atoms with Crippen LogP contribution in [0.3, 0.4) is 0 Å². The van der Waals surface area contributed by atoms with Crippen LogP contribution in [-0.2, 0) is 11.3 Å². The molecule has 120 valence electrons. The predicted octanol–water partition coefficient (Wildman–Crippen LogP) is 2.41. The summed E-state index contributed by atoms with van der Waals surface area (Å²) in [6, 6.07) is 5.70. The molecule has 1 amide bonds. The summed E-state index contributed by atoms with van der Waals surface area (Å²) in [4.78, 5) is 15.9. The van der Waals surface area contributed by atoms with Gasteiger partial charge in [0.15, 0.2) is 5.82 Å². The molecule has 0 radical (unpaired) electrons. The Labute approximate surface area is 132 Å². The summed E-state index contributed by atoms with van der Waals surface area (Å²) >= 11 is 0. The van der Waals surface area contributed by atoms with E-state index in [1.807, 2.05) is 24.4 Å². The van der Waals surface area contributed by atoms with Crippen LogP contribution in [0.15, 0.2) is 35.1 Å². The standard InChI is InChI=1S/C15H17N5O3/c1-15(2,3)22-14(21)16-9-12-18-13(23-19-12)10-8-17-20-7-5-4-6-11(10)20/h4-8H,9H2,1-3H3,(H,16,21). The predicted molar refractivity (Wildman–Crippen MR) is 81.6 cm³/mol. The Balaban J connectivity index is 1.70. The second-order valence-electron chi connectivity index (χ2n) is 5.96. The minimum absolute atomic E-state index is 0.123. The third kappa shape index (κ3) is 3.47. The van der Waals surface area contributed by atoms with E-state index in [0.717, 1.165) is 11.1 Å². The van der Waals surface area contributed by atoms with Gasteiger partial charge in [0.2, 0.25) is 0 Å². The third-order valence-electron chi connectivity index (χ3n) is 2.91. The van der Waals surface area contributed by atoms with Crippen molar-refractivity contribution in [1.29, 1.82) is 0 Å². The average molecular weight is 315 g/mol. The quantitative estimate of drug-likeness (QED) is 0.797. The number of aromatic nitrogens is 4. The molecule has 0 fully saturated rings. The van der Waals surface area contributed by atoms with Crippen LogP contribution in [0, 0.1) is 0 Å². The molecular formula is C15H17N5O3. The van der Waals surface area contributed by atoms with Crippen molar-refractivity contribution < 1.29 is 14.1 Å². The van der Waals surface area contributed by atoms with Crippen molar-refractivity contribution >= 4 is 11.6 Å². The Morgan fingerprint density at radius 2 is 2.22 bits per heavy atom. The van der Waals surface area contributed by atoms with E-state index < -0.39 is 11.7 Å². The van der Waals surface area contributed by atoms with Crippen LogP contribution in [0.5, 0.6) is 0 Å². The molecule has 3 aromatic rings. The van der Waals surface area contributed by atoms with Crippen molar-refractivity contribution in [1.82, 2.24) is 25.1 Å². The van der Waals surface area contributed by atoms with Crippen LogP contribution < -0.4 is 5.32 Å². The second-order valence-corrected chi connectivity index (χ2v) is 5.96. The molecule has 0 spiro atoms. The van der Waals surface area contributed by atoms with E-state index in [9.17, 15) is 4.79 Å². The summed E-state index contributed by atoms with van der Waals surface area (Å²) < 4.78 is 12.1. The number of nitrogens with zero attached hydrogens (tertiary/aromatic N) is 4. The van der Waals surface area contributed by atoms with E-state index in [0.29, 0.717) is 11.7 Å². The highest BCUT2D eigenvalue weighted by molar-refractivity contribution is 5.74. The molecule has 1 N–H and O–H groups in total. The molecule has 0 aliphatic heterocycles. The number of pyridine rings is 1. The first-order valence-corrected chi connectivity index (χ1v) is 7.14. The Bertz CT molecular complexity index is 831. The summed E-state index contributed by atoms with van der Waals surface area (Å²) in [5.74, 6) is 0.716. The second kappa shape index (κ2) is 5.71. The van der Waals surface area contributed by atoms with Gasteiger partial charge in [0, 0.05) is 6.20 Å². The number of alkyl carbamates (subject to hydrolysis) is 1. The van der Waals surface area contributed by atoms with Crippen molar-refractivity contribution in [3.05, 3.63) is 36.4 Å². The molecule has 0 bridgehead atoms. The zero-order chi connectivity index (χ0) is 16.4. The van der Waals surface area contributed by atoms with Crippen LogP contribution in [0.4, 0.5) is 4.79 Å². The highest BCUT2D eigenvalue weighted by atomic mass is 16.6. The Morgan fingerprint density at radius 3 is 3.00 bits per heavy atom. The van der Waals surface area contributed by atoms with Gasteiger partial charge in [0.25, 0.3) is 5.89 Å². The summed E-state index contributed by atoms with van der Waals surface area (Å²) in [5, 5.41) is 10.7. The maximum absolute atomic E-state index is 11.6. The highest BCUT2D eigenvalue weighted by Gasteiger charge is 2.17. The molecule has 0 saturated carbocycles. The van der Waals surface area contributed by atoms with Crippen LogP contribution in [-0.4, -0.2) is 31.4 Å². The third-order valence-corrected chi connectivity index (χ3v) is 2.91. The first kappa shape index (κ1) is 15.0. The fourth-order valence-corrected chi connectivity index (χ4v) is 2.00. The van der Waals surface area contributed by atoms with E-state index in [1.165, 1.54) is 0 Å². The number of nitrogens with one attached hydrogen (secondary N) is 1. The van der Waals surface area contributed by atoms with Gasteiger partial charge < -0.3 is 14.6 Å². The van der Waals surface area contributed by atoms with Gasteiger partial charge in [-0.05, 0) is 32.9 Å². The van der Waals surface area contributed by atoms with Gasteiger partial charge in [-0.25, -0.2) is 9.31 Å². The van der Waals surface area contributed by atoms with E-state index in [1.54, 1.807) is 31.5 Å². The zero-order valence-corrected chi connectivity index (χ0v) is 13.1. The lowest BCUT2D eigenvalue weighted by Gasteiger charge is -2.19. The number of amides is 1. The van der Waals surface area contributed by atoms with E-state index >= 15 is 0 Å². The van der Waals surface area contributed by atoms with Gasteiger partial charge >= 0.3 is 6.09 Å². The lowest BCUT2D eigenvalue weighted by Crippen LogP contribution is -2.32. The fourth-order valence-electron chi connectivity index (χ4n) is 2.00. The van der Waals surface area contributed by atoms with Crippen molar-refractivity contribution in [2.24, 2.45) is 0 Å². The number of fused-ring (bicyclic) bond motifs is 1. The minimum Gasteiger partial charge on any atom is -0.444 e. The molecule has 0 saturated heterocycles. The number of carbonyl (C=O) groups is 1. The molecule has 3 aromatic heterocycles. The first-order valence-electron chi connectivity index (χ1n) is 7.14. The summed E-state index contributed by atoms with van der Waals surface area (Å²) in [5.41, 5.74) is 1.05. The maximum Gasteiger partial charge on any atom is 0.408 e. The number of hydrogen-bond acceptors (Lipinski definition) is 6. The van der Waals surface area contributed by atoms with Gasteiger partial charge in [0.1, 0.15) is 5.60 Å². The molecule has 8 heteroatoms. The van der Waals surface area contributed by atoms with Crippen molar-refractivity contribution in [2.45, 2.75) is 32.9 Å². The van der Waals surface area contributed by atoms with Gasteiger partial charge in [-0.15, -0.1) is 0 Å². The zero-order valence-electron chi connectivity index (χ0n) is 13.1. The minimum atomic E-state index is -0.552. The SMILES string of the molecule is CC(C)(C)OC(=O)NCc1noc(-c2cnn3ccccc23)n1. The van der Waals surface area contributed by atoms with Crippen LogP contribution >= 0.6 is 0 Å². The molecule has 0 aromatic carbocycles. The Hall–Kier alpha value is -2.90. The van der Waals surface area contributed by atoms with Crippen LogP contribution in [0.1, 0.15) is 26.6 Å². The largest absolute Gasteiger partial charge is 0.444 e. The number of carbonyl (C=O) groups excluding carboxylic acids is 1. The lowest BCUT2D eigenvalue weighted by molar-refractivity contribution is 0.0522. The van der Waals surface area contributed by atoms with Gasteiger partial charge in [-0.1, -0.05) is 11.2 Å². The van der Waals surface area contributed by atoms with Crippen LogP contribution in [0.2, 0.25) is 0 Å². The van der Waals surface area contributed by atoms with Crippen LogP contribution in [0.25, 0.3) is 17.0 Å². The number of rotatable bonds is 3. The summed E-state index contributed by atoms with van der Waals surface area (Å²) in [7, 11) is 0. The number of ether oxygens (including phenoxy) is 1.